The fraction of sp³-hybridized carbons (Fsp3) is 0.318. The maximum atomic E-state index is 12.4. The number of benzene rings is 1. The molecule has 1 aliphatic carbocycles. The number of carbonyl (C=O) groups is 2. The van der Waals surface area contributed by atoms with E-state index in [1.165, 1.54) is 31.9 Å². The van der Waals surface area contributed by atoms with Gasteiger partial charge in [-0.05, 0) is 49.4 Å². The molecule has 1 aliphatic rings. The highest BCUT2D eigenvalue weighted by Gasteiger charge is 2.17. The van der Waals surface area contributed by atoms with E-state index >= 15 is 0 Å². The standard InChI is InChI=1S/C22H25N3O2/c1-16(17-7-2-3-8-17)13-21(26)25-20-11-5-4-9-18(20)15-24-22(27)19-10-6-12-23-14-19/h4-6,9-14,17H,2-3,7-8,15H2,1H3,(H,24,27)(H,25,26)/b16-13+. The van der Waals surface area contributed by atoms with E-state index in [0.717, 1.165) is 11.1 Å². The van der Waals surface area contributed by atoms with Crippen molar-refractivity contribution in [1.82, 2.24) is 10.3 Å². The third-order valence-corrected chi connectivity index (χ3v) is 5.00. The molecule has 0 unspecified atom stereocenters. The number of para-hydroxylation sites is 1. The Morgan fingerprint density at radius 3 is 2.67 bits per heavy atom. The minimum absolute atomic E-state index is 0.120. The average Bonchev–Trinajstić information content (AvgIpc) is 3.22. The first-order chi connectivity index (χ1) is 13.1. The SMILES string of the molecule is C/C(=C\C(=O)Nc1ccccc1CNC(=O)c1cccnc1)C1CCCC1. The first kappa shape index (κ1) is 18.8. The molecule has 2 amide bonds. The lowest BCUT2D eigenvalue weighted by molar-refractivity contribution is -0.112. The Kier molecular flexibility index (Phi) is 6.36. The molecule has 140 valence electrons. The predicted molar refractivity (Wildman–Crippen MR) is 106 cm³/mol. The molecular formula is C22H25N3O2. The summed E-state index contributed by atoms with van der Waals surface area (Å²) in [7, 11) is 0. The highest BCUT2D eigenvalue weighted by molar-refractivity contribution is 6.00. The van der Waals surface area contributed by atoms with Crippen LogP contribution >= 0.6 is 0 Å². The zero-order chi connectivity index (χ0) is 19.1. The molecule has 0 saturated heterocycles. The van der Waals surface area contributed by atoms with Gasteiger partial charge in [0.25, 0.3) is 5.91 Å². The summed E-state index contributed by atoms with van der Waals surface area (Å²) in [5.41, 5.74) is 3.22. The smallest absolute Gasteiger partial charge is 0.253 e. The zero-order valence-electron chi connectivity index (χ0n) is 15.6. The number of hydrogen-bond donors (Lipinski definition) is 2. The molecule has 27 heavy (non-hydrogen) atoms. The summed E-state index contributed by atoms with van der Waals surface area (Å²) in [4.78, 5) is 28.6. The van der Waals surface area contributed by atoms with Crippen molar-refractivity contribution in [3.05, 3.63) is 71.6 Å². The van der Waals surface area contributed by atoms with Crippen LogP contribution in [0.5, 0.6) is 0 Å². The van der Waals surface area contributed by atoms with Crippen LogP contribution in [0.1, 0.15) is 48.5 Å². The van der Waals surface area contributed by atoms with Crippen LogP contribution in [0.25, 0.3) is 0 Å². The van der Waals surface area contributed by atoms with Crippen LogP contribution in [0, 0.1) is 5.92 Å². The summed E-state index contributed by atoms with van der Waals surface area (Å²) < 4.78 is 0. The van der Waals surface area contributed by atoms with Gasteiger partial charge in [0.2, 0.25) is 5.91 Å². The summed E-state index contributed by atoms with van der Waals surface area (Å²) in [6.45, 7) is 2.37. The van der Waals surface area contributed by atoms with E-state index in [2.05, 4.69) is 15.6 Å². The third kappa shape index (κ3) is 5.26. The third-order valence-electron chi connectivity index (χ3n) is 5.00. The van der Waals surface area contributed by atoms with Crippen LogP contribution in [0.4, 0.5) is 5.69 Å². The topological polar surface area (TPSA) is 71.1 Å². The van der Waals surface area contributed by atoms with E-state index in [-0.39, 0.29) is 11.8 Å². The Morgan fingerprint density at radius 2 is 1.93 bits per heavy atom. The maximum absolute atomic E-state index is 12.4. The molecule has 5 nitrogen and oxygen atoms in total. The van der Waals surface area contributed by atoms with Gasteiger partial charge in [0.05, 0.1) is 5.56 Å². The number of nitrogens with zero attached hydrogens (tertiary/aromatic N) is 1. The molecule has 2 aromatic rings. The van der Waals surface area contributed by atoms with Crippen molar-refractivity contribution in [2.24, 2.45) is 5.92 Å². The normalized spacial score (nSPS) is 14.8. The van der Waals surface area contributed by atoms with E-state index in [1.807, 2.05) is 31.2 Å². The number of carbonyl (C=O) groups excluding carboxylic acids is 2. The van der Waals surface area contributed by atoms with Crippen LogP contribution in [0.3, 0.4) is 0 Å². The van der Waals surface area contributed by atoms with Crippen molar-refractivity contribution >= 4 is 17.5 Å². The minimum Gasteiger partial charge on any atom is -0.348 e. The van der Waals surface area contributed by atoms with Crippen LogP contribution in [0.2, 0.25) is 0 Å². The van der Waals surface area contributed by atoms with Crippen molar-refractivity contribution in [1.29, 1.82) is 0 Å². The van der Waals surface area contributed by atoms with Crippen molar-refractivity contribution in [3.63, 3.8) is 0 Å². The number of aromatic nitrogens is 1. The molecule has 1 fully saturated rings. The van der Waals surface area contributed by atoms with Gasteiger partial charge in [0, 0.05) is 30.7 Å². The van der Waals surface area contributed by atoms with E-state index < -0.39 is 0 Å². The lowest BCUT2D eigenvalue weighted by Gasteiger charge is -2.13. The van der Waals surface area contributed by atoms with Crippen molar-refractivity contribution in [2.45, 2.75) is 39.2 Å². The molecular weight excluding hydrogens is 338 g/mol. The number of pyridine rings is 1. The van der Waals surface area contributed by atoms with E-state index in [9.17, 15) is 9.59 Å². The molecule has 0 spiro atoms. The largest absolute Gasteiger partial charge is 0.348 e. The van der Waals surface area contributed by atoms with Crippen LogP contribution < -0.4 is 10.6 Å². The maximum Gasteiger partial charge on any atom is 0.253 e. The first-order valence-electron chi connectivity index (χ1n) is 9.39. The molecule has 1 saturated carbocycles. The van der Waals surface area contributed by atoms with Crippen LogP contribution in [-0.2, 0) is 11.3 Å². The summed E-state index contributed by atoms with van der Waals surface area (Å²) in [6, 6.07) is 10.9. The number of hydrogen-bond acceptors (Lipinski definition) is 3. The Balaban J connectivity index is 1.62. The number of amides is 2. The van der Waals surface area contributed by atoms with Gasteiger partial charge in [-0.15, -0.1) is 0 Å². The predicted octanol–water partition coefficient (Wildman–Crippen LogP) is 4.09. The molecule has 1 aromatic heterocycles. The van der Waals surface area contributed by atoms with E-state index in [4.69, 9.17) is 0 Å². The van der Waals surface area contributed by atoms with Gasteiger partial charge in [0.15, 0.2) is 0 Å². The molecule has 0 radical (unpaired) electrons. The Hall–Kier alpha value is -2.95. The number of allylic oxidation sites excluding steroid dienone is 1. The van der Waals surface area contributed by atoms with Gasteiger partial charge in [0.1, 0.15) is 0 Å². The average molecular weight is 363 g/mol. The molecule has 1 aromatic carbocycles. The molecule has 1 heterocycles. The Labute approximate surface area is 159 Å². The van der Waals surface area contributed by atoms with Gasteiger partial charge in [-0.1, -0.05) is 36.6 Å². The van der Waals surface area contributed by atoms with E-state index in [1.54, 1.807) is 24.4 Å². The van der Waals surface area contributed by atoms with Gasteiger partial charge < -0.3 is 10.6 Å². The second-order valence-electron chi connectivity index (χ2n) is 6.94. The van der Waals surface area contributed by atoms with Gasteiger partial charge in [-0.2, -0.15) is 0 Å². The molecule has 2 N–H and O–H groups in total. The highest BCUT2D eigenvalue weighted by Crippen LogP contribution is 2.30. The van der Waals surface area contributed by atoms with Crippen LogP contribution in [0.15, 0.2) is 60.4 Å². The lowest BCUT2D eigenvalue weighted by Crippen LogP contribution is -2.23. The molecule has 0 bridgehead atoms. The number of rotatable bonds is 6. The van der Waals surface area contributed by atoms with Gasteiger partial charge >= 0.3 is 0 Å². The quantitative estimate of drug-likeness (QED) is 0.760. The zero-order valence-corrected chi connectivity index (χ0v) is 15.6. The highest BCUT2D eigenvalue weighted by atomic mass is 16.2. The Morgan fingerprint density at radius 1 is 1.15 bits per heavy atom. The summed E-state index contributed by atoms with van der Waals surface area (Å²) >= 11 is 0. The van der Waals surface area contributed by atoms with Gasteiger partial charge in [-0.3, -0.25) is 14.6 Å². The number of nitrogens with one attached hydrogen (secondary N) is 2. The molecule has 0 atom stereocenters. The monoisotopic (exact) mass is 363 g/mol. The van der Waals surface area contributed by atoms with Crippen molar-refractivity contribution in [3.8, 4) is 0 Å². The van der Waals surface area contributed by atoms with Crippen molar-refractivity contribution in [2.75, 3.05) is 5.32 Å². The van der Waals surface area contributed by atoms with Gasteiger partial charge in [-0.25, -0.2) is 0 Å². The lowest BCUT2D eigenvalue weighted by atomic mass is 9.98. The Bertz CT molecular complexity index is 824. The first-order valence-corrected chi connectivity index (χ1v) is 9.39. The summed E-state index contributed by atoms with van der Waals surface area (Å²) in [6.07, 6.45) is 9.70. The van der Waals surface area contributed by atoms with E-state index in [0.29, 0.717) is 23.7 Å². The molecule has 3 rings (SSSR count). The molecule has 5 heteroatoms. The summed E-state index contributed by atoms with van der Waals surface area (Å²) in [5.74, 6) is 0.219. The second-order valence-corrected chi connectivity index (χ2v) is 6.94. The van der Waals surface area contributed by atoms with Crippen molar-refractivity contribution < 1.29 is 9.59 Å². The second kappa shape index (κ2) is 9.12. The van der Waals surface area contributed by atoms with Crippen LogP contribution in [-0.4, -0.2) is 16.8 Å². The summed E-state index contributed by atoms with van der Waals surface area (Å²) in [5, 5.41) is 5.82. The molecule has 0 aliphatic heterocycles. The number of anilines is 1. The minimum atomic E-state index is -0.193. The fourth-order valence-electron chi connectivity index (χ4n) is 3.45. The fourth-order valence-corrected chi connectivity index (χ4v) is 3.45.